The lowest BCUT2D eigenvalue weighted by Crippen LogP contribution is -1.98. The van der Waals surface area contributed by atoms with E-state index in [0.717, 1.165) is 32.1 Å². The molecule has 0 aliphatic carbocycles. The van der Waals surface area contributed by atoms with Crippen molar-refractivity contribution < 1.29 is 9.53 Å². The van der Waals surface area contributed by atoms with E-state index in [0.29, 0.717) is 6.42 Å². The Morgan fingerprint density at radius 3 is 2.11 bits per heavy atom. The molecule has 0 aromatic heterocycles. The molecule has 2 nitrogen and oxygen atoms in total. The molecule has 0 atom stereocenters. The van der Waals surface area contributed by atoms with Crippen LogP contribution in [0.3, 0.4) is 0 Å². The molecule has 3 heteroatoms. The van der Waals surface area contributed by atoms with E-state index in [1.54, 1.807) is 0 Å². The van der Waals surface area contributed by atoms with Crippen molar-refractivity contribution in [1.29, 1.82) is 0 Å². The molecule has 0 saturated heterocycles. The third-order valence-electron chi connectivity index (χ3n) is 2.30. The van der Waals surface area contributed by atoms with Crippen molar-refractivity contribution in [3.05, 3.63) is 36.5 Å². The number of carbonyl (C=O) groups is 1. The fourth-order valence-corrected chi connectivity index (χ4v) is 1.67. The van der Waals surface area contributed by atoms with Crippen LogP contribution in [0, 0.1) is 0 Å². The first kappa shape index (κ1) is 17.4. The maximum Gasteiger partial charge on any atom is 0.305 e. The highest BCUT2D eigenvalue weighted by molar-refractivity contribution is 14.1. The summed E-state index contributed by atoms with van der Waals surface area (Å²) >= 11 is 2.38. The van der Waals surface area contributed by atoms with Crippen LogP contribution in [0.25, 0.3) is 0 Å². The first-order chi connectivity index (χ1) is 8.81. The van der Waals surface area contributed by atoms with Crippen LogP contribution in [0.5, 0.6) is 0 Å². The Morgan fingerprint density at radius 2 is 1.56 bits per heavy atom. The molecular formula is C15H23IO2. The highest BCUT2D eigenvalue weighted by Crippen LogP contribution is 2.00. The number of ether oxygens (including phenoxy) is 1. The van der Waals surface area contributed by atoms with Gasteiger partial charge in [-0.25, -0.2) is 0 Å². The molecule has 0 aliphatic heterocycles. The van der Waals surface area contributed by atoms with E-state index in [1.807, 2.05) is 0 Å². The van der Waals surface area contributed by atoms with E-state index < -0.39 is 0 Å². The summed E-state index contributed by atoms with van der Waals surface area (Å²) in [6.07, 6.45) is 18.5. The number of rotatable bonds is 10. The van der Waals surface area contributed by atoms with Crippen molar-refractivity contribution in [3.63, 3.8) is 0 Å². The van der Waals surface area contributed by atoms with E-state index in [4.69, 9.17) is 0 Å². The van der Waals surface area contributed by atoms with Crippen LogP contribution in [0.1, 0.15) is 38.5 Å². The van der Waals surface area contributed by atoms with E-state index >= 15 is 0 Å². The number of esters is 1. The number of unbranched alkanes of at least 4 members (excludes halogenated alkanes) is 1. The van der Waals surface area contributed by atoms with Crippen LogP contribution >= 0.6 is 22.6 Å². The number of allylic oxidation sites excluding steroid dienone is 6. The first-order valence-electron chi connectivity index (χ1n) is 6.39. The number of methoxy groups -OCH3 is 1. The standard InChI is InChI=1S/C15H23IO2/c1-18-15(17)13-11-9-7-5-3-2-4-6-8-10-12-14-16/h2,4-5,7-8,10H,3,6,9,11-14H2,1H3. The largest absolute Gasteiger partial charge is 0.469 e. The zero-order valence-electron chi connectivity index (χ0n) is 11.1. The monoisotopic (exact) mass is 362 g/mol. The van der Waals surface area contributed by atoms with Gasteiger partial charge in [-0.15, -0.1) is 0 Å². The van der Waals surface area contributed by atoms with Crippen LogP contribution in [-0.4, -0.2) is 17.5 Å². The van der Waals surface area contributed by atoms with Gasteiger partial charge in [0.15, 0.2) is 0 Å². The van der Waals surface area contributed by atoms with Crippen LogP contribution < -0.4 is 0 Å². The van der Waals surface area contributed by atoms with Crippen molar-refractivity contribution in [2.75, 3.05) is 11.5 Å². The number of carbonyl (C=O) groups excluding carboxylic acids is 1. The van der Waals surface area contributed by atoms with Gasteiger partial charge in [-0.1, -0.05) is 59.0 Å². The van der Waals surface area contributed by atoms with Gasteiger partial charge in [0.05, 0.1) is 7.11 Å². The zero-order valence-corrected chi connectivity index (χ0v) is 13.3. The Balaban J connectivity index is 3.37. The molecule has 0 fully saturated rings. The van der Waals surface area contributed by atoms with E-state index in [2.05, 4.69) is 63.8 Å². The van der Waals surface area contributed by atoms with Crippen LogP contribution in [0.15, 0.2) is 36.5 Å². The Hall–Kier alpha value is -0.580. The summed E-state index contributed by atoms with van der Waals surface area (Å²) in [5.74, 6) is -0.124. The molecule has 0 heterocycles. The molecule has 0 bridgehead atoms. The number of hydrogen-bond acceptors (Lipinski definition) is 2. The molecule has 0 saturated carbocycles. The molecule has 0 unspecified atom stereocenters. The molecule has 0 amide bonds. The molecule has 18 heavy (non-hydrogen) atoms. The summed E-state index contributed by atoms with van der Waals surface area (Å²) in [5.41, 5.74) is 0. The topological polar surface area (TPSA) is 26.3 Å². The minimum atomic E-state index is -0.124. The molecule has 0 rings (SSSR count). The third-order valence-corrected chi connectivity index (χ3v) is 2.92. The van der Waals surface area contributed by atoms with Gasteiger partial charge in [0, 0.05) is 10.8 Å². The lowest BCUT2D eigenvalue weighted by atomic mass is 10.2. The smallest absolute Gasteiger partial charge is 0.305 e. The van der Waals surface area contributed by atoms with Crippen molar-refractivity contribution in [1.82, 2.24) is 0 Å². The van der Waals surface area contributed by atoms with Gasteiger partial charge >= 0.3 is 5.97 Å². The van der Waals surface area contributed by atoms with Crippen molar-refractivity contribution in [2.24, 2.45) is 0 Å². The molecule has 0 aliphatic rings. The Labute approximate surface area is 124 Å². The van der Waals surface area contributed by atoms with Crippen LogP contribution in [0.2, 0.25) is 0 Å². The fourth-order valence-electron chi connectivity index (χ4n) is 1.31. The second kappa shape index (κ2) is 14.5. The summed E-state index contributed by atoms with van der Waals surface area (Å²) in [7, 11) is 1.43. The molecule has 0 N–H and O–H groups in total. The third kappa shape index (κ3) is 13.5. The minimum absolute atomic E-state index is 0.124. The van der Waals surface area contributed by atoms with E-state index in [1.165, 1.54) is 11.5 Å². The van der Waals surface area contributed by atoms with Gasteiger partial charge in [-0.3, -0.25) is 4.79 Å². The number of hydrogen-bond donors (Lipinski definition) is 0. The average molecular weight is 362 g/mol. The maximum absolute atomic E-state index is 10.8. The summed E-state index contributed by atoms with van der Waals surface area (Å²) < 4.78 is 5.76. The van der Waals surface area contributed by atoms with Crippen molar-refractivity contribution in [3.8, 4) is 0 Å². The average Bonchev–Trinajstić information content (AvgIpc) is 2.39. The molecular weight excluding hydrogens is 339 g/mol. The summed E-state index contributed by atoms with van der Waals surface area (Å²) in [5, 5.41) is 0. The van der Waals surface area contributed by atoms with Gasteiger partial charge in [-0.05, 0) is 32.1 Å². The molecule has 0 radical (unpaired) electrons. The van der Waals surface area contributed by atoms with Crippen molar-refractivity contribution in [2.45, 2.75) is 38.5 Å². The summed E-state index contributed by atoms with van der Waals surface area (Å²) in [4.78, 5) is 10.8. The van der Waals surface area contributed by atoms with Gasteiger partial charge in [0.2, 0.25) is 0 Å². The second-order valence-corrected chi connectivity index (χ2v) is 4.91. The van der Waals surface area contributed by atoms with E-state index in [-0.39, 0.29) is 5.97 Å². The first-order valence-corrected chi connectivity index (χ1v) is 7.91. The Kier molecular flexibility index (Phi) is 14.0. The minimum Gasteiger partial charge on any atom is -0.469 e. The van der Waals surface area contributed by atoms with E-state index in [9.17, 15) is 4.79 Å². The number of alkyl halides is 1. The zero-order chi connectivity index (χ0) is 13.5. The quantitative estimate of drug-likeness (QED) is 0.187. The number of halogens is 1. The van der Waals surface area contributed by atoms with Gasteiger partial charge in [0.1, 0.15) is 0 Å². The lowest BCUT2D eigenvalue weighted by Gasteiger charge is -1.95. The van der Waals surface area contributed by atoms with Crippen LogP contribution in [0.4, 0.5) is 0 Å². The van der Waals surface area contributed by atoms with Crippen LogP contribution in [-0.2, 0) is 9.53 Å². The fraction of sp³-hybridized carbons (Fsp3) is 0.533. The highest BCUT2D eigenvalue weighted by Gasteiger charge is 1.96. The van der Waals surface area contributed by atoms with Gasteiger partial charge < -0.3 is 4.74 Å². The lowest BCUT2D eigenvalue weighted by molar-refractivity contribution is -0.140. The SMILES string of the molecule is COC(=O)CCCC=CCC=CCC=CCCI. The molecule has 0 aromatic carbocycles. The predicted octanol–water partition coefficient (Wildman–Crippen LogP) is 4.60. The normalized spacial score (nSPS) is 11.9. The Bertz CT molecular complexity index is 280. The maximum atomic E-state index is 10.8. The van der Waals surface area contributed by atoms with Crippen molar-refractivity contribution >= 4 is 28.6 Å². The van der Waals surface area contributed by atoms with Gasteiger partial charge in [-0.2, -0.15) is 0 Å². The molecule has 0 spiro atoms. The molecule has 0 aromatic rings. The highest BCUT2D eigenvalue weighted by atomic mass is 127. The molecule has 102 valence electrons. The Morgan fingerprint density at radius 1 is 1.00 bits per heavy atom. The second-order valence-electron chi connectivity index (χ2n) is 3.83. The summed E-state index contributed by atoms with van der Waals surface area (Å²) in [6.45, 7) is 0. The summed E-state index contributed by atoms with van der Waals surface area (Å²) in [6, 6.07) is 0. The predicted molar refractivity (Wildman–Crippen MR) is 86.0 cm³/mol. The van der Waals surface area contributed by atoms with Gasteiger partial charge in [0.25, 0.3) is 0 Å².